The van der Waals surface area contributed by atoms with E-state index in [1.807, 2.05) is 19.1 Å². The monoisotopic (exact) mass is 509 g/mol. The van der Waals surface area contributed by atoms with Crippen molar-refractivity contribution in [2.75, 3.05) is 25.6 Å². The predicted molar refractivity (Wildman–Crippen MR) is 136 cm³/mol. The molecule has 1 amide bonds. The minimum atomic E-state index is -0.349. The molecule has 6 rings (SSSR count). The molecular formula is C27H32FN5O4. The molecule has 5 heterocycles. The number of amides is 1. The molecule has 10 heteroatoms. The average molecular weight is 510 g/mol. The summed E-state index contributed by atoms with van der Waals surface area (Å²) in [7, 11) is 1.55. The molecule has 1 saturated carbocycles. The first-order chi connectivity index (χ1) is 18.0. The number of fused-ring (bicyclic) bond motifs is 4. The molecule has 2 saturated heterocycles. The van der Waals surface area contributed by atoms with Crippen LogP contribution in [0.2, 0.25) is 0 Å². The molecule has 0 radical (unpaired) electrons. The summed E-state index contributed by atoms with van der Waals surface area (Å²) in [6.45, 7) is 3.52. The summed E-state index contributed by atoms with van der Waals surface area (Å²) in [5.74, 6) is 1.06. The maximum Gasteiger partial charge on any atom is 0.213 e. The van der Waals surface area contributed by atoms with Crippen molar-refractivity contribution in [2.24, 2.45) is 0 Å². The van der Waals surface area contributed by atoms with E-state index in [2.05, 4.69) is 25.6 Å². The fourth-order valence-electron chi connectivity index (χ4n) is 5.39. The Morgan fingerprint density at radius 3 is 2.70 bits per heavy atom. The largest absolute Gasteiger partial charge is 0.490 e. The van der Waals surface area contributed by atoms with Gasteiger partial charge in [-0.1, -0.05) is 0 Å². The normalized spacial score (nSPS) is 22.7. The lowest BCUT2D eigenvalue weighted by molar-refractivity contribution is -0.165. The molecule has 3 aliphatic rings. The first-order valence-electron chi connectivity index (χ1n) is 12.7. The number of pyridine rings is 3. The molecule has 2 bridgehead atoms. The number of aromatic nitrogens is 3. The average Bonchev–Trinajstić information content (AvgIpc) is 2.93. The number of aryl methyl sites for hydroxylation is 1. The van der Waals surface area contributed by atoms with E-state index in [0.29, 0.717) is 66.6 Å². The van der Waals surface area contributed by atoms with Crippen molar-refractivity contribution >= 4 is 23.3 Å². The second kappa shape index (κ2) is 10.5. The molecule has 1 aliphatic carbocycles. The van der Waals surface area contributed by atoms with Crippen LogP contribution in [0.25, 0.3) is 11.0 Å². The summed E-state index contributed by atoms with van der Waals surface area (Å²) in [4.78, 5) is 24.1. The van der Waals surface area contributed by atoms with E-state index in [1.54, 1.807) is 19.2 Å². The number of carbonyl (C=O) groups excluding carboxylic acids is 1. The van der Waals surface area contributed by atoms with Gasteiger partial charge in [0.05, 0.1) is 48.8 Å². The standard InChI is InChI=1S/C27H32FN5O4/c1-3-36-22-6-4-18(32-25(22)30-17-34)14-31-26-10-12-27(13-11-26,37-16-26)9-8-19-20(28)15-29-21-5-7-23(35-2)33-24(19)21/h4-7,15,17,31H,3,8-14,16H2,1-2H3,(H,30,32,34). The number of nitrogens with zero attached hydrogens (tertiary/aromatic N) is 3. The van der Waals surface area contributed by atoms with E-state index in [4.69, 9.17) is 14.2 Å². The molecule has 2 aliphatic heterocycles. The van der Waals surface area contributed by atoms with Gasteiger partial charge in [0, 0.05) is 23.7 Å². The molecule has 0 aromatic carbocycles. The van der Waals surface area contributed by atoms with E-state index in [1.165, 1.54) is 6.20 Å². The smallest absolute Gasteiger partial charge is 0.213 e. The molecule has 0 unspecified atom stereocenters. The highest BCUT2D eigenvalue weighted by atomic mass is 19.1. The van der Waals surface area contributed by atoms with E-state index in [0.717, 1.165) is 37.8 Å². The molecule has 3 fully saturated rings. The summed E-state index contributed by atoms with van der Waals surface area (Å²) in [6, 6.07) is 7.26. The number of methoxy groups -OCH3 is 1. The van der Waals surface area contributed by atoms with Gasteiger partial charge in [0.2, 0.25) is 12.3 Å². The maximum absolute atomic E-state index is 14.8. The lowest BCUT2D eigenvalue weighted by Gasteiger charge is -2.53. The number of ether oxygens (including phenoxy) is 3. The molecular weight excluding hydrogens is 477 g/mol. The summed E-state index contributed by atoms with van der Waals surface area (Å²) in [6.07, 6.45) is 6.85. The van der Waals surface area contributed by atoms with Crippen LogP contribution in [0, 0.1) is 5.82 Å². The fraction of sp³-hybridized carbons (Fsp3) is 0.481. The zero-order chi connectivity index (χ0) is 25.9. The van der Waals surface area contributed by atoms with Gasteiger partial charge in [-0.25, -0.2) is 14.4 Å². The molecule has 3 aromatic heterocycles. The van der Waals surface area contributed by atoms with Gasteiger partial charge < -0.3 is 24.8 Å². The second-order valence-electron chi connectivity index (χ2n) is 9.76. The van der Waals surface area contributed by atoms with E-state index in [9.17, 15) is 9.18 Å². The summed E-state index contributed by atoms with van der Waals surface area (Å²) >= 11 is 0. The van der Waals surface area contributed by atoms with Gasteiger partial charge in [0.25, 0.3) is 0 Å². The Hall–Kier alpha value is -3.37. The van der Waals surface area contributed by atoms with Gasteiger partial charge in [0.1, 0.15) is 5.82 Å². The molecule has 2 N–H and O–H groups in total. The molecule has 196 valence electrons. The van der Waals surface area contributed by atoms with E-state index in [-0.39, 0.29) is 17.0 Å². The van der Waals surface area contributed by atoms with Crippen LogP contribution < -0.4 is 20.1 Å². The van der Waals surface area contributed by atoms with Gasteiger partial charge in [0.15, 0.2) is 11.6 Å². The van der Waals surface area contributed by atoms with Crippen molar-refractivity contribution in [3.8, 4) is 11.6 Å². The van der Waals surface area contributed by atoms with Crippen molar-refractivity contribution in [1.82, 2.24) is 20.3 Å². The fourth-order valence-corrected chi connectivity index (χ4v) is 5.39. The van der Waals surface area contributed by atoms with Crippen LogP contribution in [-0.4, -0.2) is 52.8 Å². The Morgan fingerprint density at radius 2 is 2.00 bits per heavy atom. The highest BCUT2D eigenvalue weighted by Crippen LogP contribution is 2.46. The number of rotatable bonds is 11. The minimum Gasteiger partial charge on any atom is -0.490 e. The third-order valence-corrected chi connectivity index (χ3v) is 7.61. The Kier molecular flexibility index (Phi) is 7.21. The summed E-state index contributed by atoms with van der Waals surface area (Å²) < 4.78 is 32.0. The Morgan fingerprint density at radius 1 is 1.16 bits per heavy atom. The minimum absolute atomic E-state index is 0.121. The van der Waals surface area contributed by atoms with Gasteiger partial charge in [-0.15, -0.1) is 0 Å². The first kappa shape index (κ1) is 25.3. The lowest BCUT2D eigenvalue weighted by atomic mass is 9.69. The Labute approximate surface area is 215 Å². The summed E-state index contributed by atoms with van der Waals surface area (Å²) in [5, 5.41) is 6.27. The Bertz CT molecular complexity index is 1260. The van der Waals surface area contributed by atoms with Gasteiger partial charge in [-0.2, -0.15) is 0 Å². The van der Waals surface area contributed by atoms with Crippen LogP contribution in [0.3, 0.4) is 0 Å². The third-order valence-electron chi connectivity index (χ3n) is 7.61. The number of hydrogen-bond donors (Lipinski definition) is 2. The van der Waals surface area contributed by atoms with Crippen molar-refractivity contribution in [2.45, 2.75) is 63.1 Å². The highest BCUT2D eigenvalue weighted by molar-refractivity contribution is 5.78. The van der Waals surface area contributed by atoms with E-state index >= 15 is 0 Å². The first-order valence-corrected chi connectivity index (χ1v) is 12.7. The van der Waals surface area contributed by atoms with Gasteiger partial charge in [-0.05, 0) is 63.6 Å². The third kappa shape index (κ3) is 5.21. The number of halogens is 1. The van der Waals surface area contributed by atoms with Crippen molar-refractivity contribution < 1.29 is 23.4 Å². The molecule has 37 heavy (non-hydrogen) atoms. The summed E-state index contributed by atoms with van der Waals surface area (Å²) in [5.41, 5.74) is 2.19. The molecule has 9 nitrogen and oxygen atoms in total. The number of carbonyl (C=O) groups is 1. The quantitative estimate of drug-likeness (QED) is 0.374. The highest BCUT2D eigenvalue weighted by Gasteiger charge is 2.49. The number of nitrogens with one attached hydrogen (secondary N) is 2. The number of anilines is 1. The zero-order valence-corrected chi connectivity index (χ0v) is 21.2. The predicted octanol–water partition coefficient (Wildman–Crippen LogP) is 3.94. The van der Waals surface area contributed by atoms with Crippen LogP contribution in [0.15, 0.2) is 30.5 Å². The van der Waals surface area contributed by atoms with Crippen LogP contribution in [0.4, 0.5) is 10.2 Å². The van der Waals surface area contributed by atoms with Crippen molar-refractivity contribution in [1.29, 1.82) is 0 Å². The SMILES string of the molecule is CCOc1ccc(CNC23CCC(CCc4c(F)cnc5ccc(OC)nc45)(CC2)OC3)nc1NC=O. The lowest BCUT2D eigenvalue weighted by Crippen LogP contribution is -2.61. The van der Waals surface area contributed by atoms with Crippen LogP contribution in [0.5, 0.6) is 11.6 Å². The van der Waals surface area contributed by atoms with Crippen molar-refractivity contribution in [3.63, 3.8) is 0 Å². The van der Waals surface area contributed by atoms with Gasteiger partial charge in [-0.3, -0.25) is 9.78 Å². The Balaban J connectivity index is 1.22. The molecule has 0 atom stereocenters. The topological polar surface area (TPSA) is 107 Å². The van der Waals surface area contributed by atoms with Crippen LogP contribution in [-0.2, 0) is 22.5 Å². The van der Waals surface area contributed by atoms with Gasteiger partial charge >= 0.3 is 0 Å². The molecule has 3 aromatic rings. The van der Waals surface area contributed by atoms with Crippen LogP contribution >= 0.6 is 0 Å². The van der Waals surface area contributed by atoms with Crippen LogP contribution in [0.1, 0.15) is 50.3 Å². The zero-order valence-electron chi connectivity index (χ0n) is 21.2. The van der Waals surface area contributed by atoms with E-state index < -0.39 is 0 Å². The number of hydrogen-bond acceptors (Lipinski definition) is 8. The molecule has 0 spiro atoms. The second-order valence-corrected chi connectivity index (χ2v) is 9.76. The van der Waals surface area contributed by atoms with Crippen molar-refractivity contribution in [3.05, 3.63) is 47.5 Å². The maximum atomic E-state index is 14.8.